The molecule has 6 heteroatoms. The maximum atomic E-state index is 12.9. The second kappa shape index (κ2) is 7.83. The highest BCUT2D eigenvalue weighted by Gasteiger charge is 2.37. The van der Waals surface area contributed by atoms with Crippen LogP contribution < -0.4 is 15.0 Å². The number of ether oxygens (including phenoxy) is 1. The van der Waals surface area contributed by atoms with E-state index in [2.05, 4.69) is 5.32 Å². The van der Waals surface area contributed by atoms with Crippen molar-refractivity contribution < 1.29 is 19.1 Å². The average Bonchev–Trinajstić information content (AvgIpc) is 3.00. The summed E-state index contributed by atoms with van der Waals surface area (Å²) in [6.07, 6.45) is 0. The number of imide groups is 1. The minimum atomic E-state index is -0.454. The van der Waals surface area contributed by atoms with E-state index in [-0.39, 0.29) is 17.0 Å². The van der Waals surface area contributed by atoms with Gasteiger partial charge >= 0.3 is 0 Å². The van der Waals surface area contributed by atoms with E-state index in [4.69, 9.17) is 4.74 Å². The molecular formula is C24H20N2O4. The Morgan fingerprint density at radius 2 is 1.63 bits per heavy atom. The van der Waals surface area contributed by atoms with Crippen LogP contribution in [0.2, 0.25) is 0 Å². The number of carbonyl (C=O) groups excluding carboxylic acids is 3. The molecule has 0 bridgehead atoms. The number of nitrogens with zero attached hydrogens (tertiary/aromatic N) is 1. The second-order valence-corrected chi connectivity index (χ2v) is 6.90. The Labute approximate surface area is 174 Å². The summed E-state index contributed by atoms with van der Waals surface area (Å²) in [7, 11) is 0. The lowest BCUT2D eigenvalue weighted by atomic mass is 10.0. The molecule has 1 heterocycles. The molecule has 0 aliphatic carbocycles. The van der Waals surface area contributed by atoms with Gasteiger partial charge in [0.15, 0.2) is 0 Å². The molecule has 3 amide bonds. The fourth-order valence-electron chi connectivity index (χ4n) is 3.38. The Hall–Kier alpha value is -3.93. The lowest BCUT2D eigenvalue weighted by Crippen LogP contribution is -2.29. The summed E-state index contributed by atoms with van der Waals surface area (Å²) in [4.78, 5) is 39.5. The lowest BCUT2D eigenvalue weighted by molar-refractivity contribution is 0.0925. The molecule has 1 N–H and O–H groups in total. The molecule has 1 aliphatic rings. The molecule has 0 saturated carbocycles. The number of fused-ring (bicyclic) bond motifs is 1. The number of amides is 3. The molecule has 6 nitrogen and oxygen atoms in total. The molecular weight excluding hydrogens is 380 g/mol. The summed E-state index contributed by atoms with van der Waals surface area (Å²) in [5.41, 5.74) is 2.89. The maximum absolute atomic E-state index is 12.9. The molecule has 3 aromatic carbocycles. The van der Waals surface area contributed by atoms with Gasteiger partial charge in [-0.3, -0.25) is 14.4 Å². The van der Waals surface area contributed by atoms with E-state index < -0.39 is 11.8 Å². The van der Waals surface area contributed by atoms with E-state index in [1.807, 2.05) is 38.1 Å². The zero-order chi connectivity index (χ0) is 21.3. The second-order valence-electron chi connectivity index (χ2n) is 6.90. The van der Waals surface area contributed by atoms with Gasteiger partial charge in [0.05, 0.1) is 23.4 Å². The van der Waals surface area contributed by atoms with Gasteiger partial charge in [-0.15, -0.1) is 0 Å². The number of para-hydroxylation sites is 1. The highest BCUT2D eigenvalue weighted by Crippen LogP contribution is 2.30. The topological polar surface area (TPSA) is 75.7 Å². The molecule has 150 valence electrons. The first-order valence-corrected chi connectivity index (χ1v) is 9.62. The molecule has 0 saturated heterocycles. The van der Waals surface area contributed by atoms with Gasteiger partial charge in [0.1, 0.15) is 5.75 Å². The minimum Gasteiger partial charge on any atom is -0.494 e. The third kappa shape index (κ3) is 3.43. The Morgan fingerprint density at radius 3 is 2.33 bits per heavy atom. The van der Waals surface area contributed by atoms with Gasteiger partial charge in [-0.05, 0) is 67.9 Å². The smallest absolute Gasteiger partial charge is 0.266 e. The lowest BCUT2D eigenvalue weighted by Gasteiger charge is -2.14. The van der Waals surface area contributed by atoms with Crippen molar-refractivity contribution >= 4 is 29.1 Å². The van der Waals surface area contributed by atoms with Crippen LogP contribution in [0.15, 0.2) is 66.7 Å². The quantitative estimate of drug-likeness (QED) is 0.642. The summed E-state index contributed by atoms with van der Waals surface area (Å²) < 4.78 is 5.41. The van der Waals surface area contributed by atoms with Crippen molar-refractivity contribution in [1.29, 1.82) is 0 Å². The van der Waals surface area contributed by atoms with Crippen LogP contribution in [0.5, 0.6) is 5.75 Å². The van der Waals surface area contributed by atoms with Crippen molar-refractivity contribution in [1.82, 2.24) is 0 Å². The van der Waals surface area contributed by atoms with Crippen LogP contribution in [-0.4, -0.2) is 24.3 Å². The van der Waals surface area contributed by atoms with E-state index >= 15 is 0 Å². The van der Waals surface area contributed by atoms with Crippen molar-refractivity contribution in [2.24, 2.45) is 0 Å². The monoisotopic (exact) mass is 400 g/mol. The molecule has 0 fully saturated rings. The number of aryl methyl sites for hydroxylation is 1. The van der Waals surface area contributed by atoms with E-state index in [0.717, 1.165) is 10.5 Å². The van der Waals surface area contributed by atoms with Gasteiger partial charge in [-0.2, -0.15) is 0 Å². The number of hydrogen-bond acceptors (Lipinski definition) is 4. The highest BCUT2D eigenvalue weighted by molar-refractivity contribution is 6.34. The molecule has 0 aromatic heterocycles. The Balaban J connectivity index is 1.60. The molecule has 4 rings (SSSR count). The Kier molecular flexibility index (Phi) is 5.06. The van der Waals surface area contributed by atoms with Crippen molar-refractivity contribution in [3.05, 3.63) is 89.0 Å². The van der Waals surface area contributed by atoms with Crippen molar-refractivity contribution in [2.45, 2.75) is 13.8 Å². The van der Waals surface area contributed by atoms with Crippen molar-refractivity contribution in [2.75, 3.05) is 16.8 Å². The number of rotatable bonds is 5. The van der Waals surface area contributed by atoms with Crippen LogP contribution in [0.25, 0.3) is 0 Å². The maximum Gasteiger partial charge on any atom is 0.266 e. The molecule has 0 atom stereocenters. The number of nitrogens with one attached hydrogen (secondary N) is 1. The third-order valence-corrected chi connectivity index (χ3v) is 4.95. The normalized spacial score (nSPS) is 12.7. The fraction of sp³-hybridized carbons (Fsp3) is 0.125. The third-order valence-electron chi connectivity index (χ3n) is 4.95. The van der Waals surface area contributed by atoms with Crippen molar-refractivity contribution in [3.8, 4) is 5.75 Å². The highest BCUT2D eigenvalue weighted by atomic mass is 16.5. The molecule has 0 radical (unpaired) electrons. The van der Waals surface area contributed by atoms with E-state index in [0.29, 0.717) is 29.3 Å². The number of hydrogen-bond donors (Lipinski definition) is 1. The molecule has 1 aliphatic heterocycles. The summed E-state index contributed by atoms with van der Waals surface area (Å²) in [5.74, 6) is -0.547. The van der Waals surface area contributed by atoms with E-state index in [9.17, 15) is 14.4 Å². The predicted molar refractivity (Wildman–Crippen MR) is 114 cm³/mol. The van der Waals surface area contributed by atoms with Crippen LogP contribution in [0.4, 0.5) is 11.4 Å². The first-order chi connectivity index (χ1) is 14.5. The van der Waals surface area contributed by atoms with Crippen LogP contribution in [0.1, 0.15) is 43.6 Å². The molecule has 0 spiro atoms. The summed E-state index contributed by atoms with van der Waals surface area (Å²) in [6.45, 7) is 4.31. The van der Waals surface area contributed by atoms with Gasteiger partial charge in [-0.1, -0.05) is 18.2 Å². The molecule has 3 aromatic rings. The summed E-state index contributed by atoms with van der Waals surface area (Å²) in [6, 6.07) is 18.7. The number of carbonyl (C=O) groups is 3. The van der Waals surface area contributed by atoms with Crippen molar-refractivity contribution in [3.63, 3.8) is 0 Å². The van der Waals surface area contributed by atoms with Gasteiger partial charge in [-0.25, -0.2) is 4.90 Å². The van der Waals surface area contributed by atoms with Gasteiger partial charge in [0.2, 0.25) is 0 Å². The van der Waals surface area contributed by atoms with Gasteiger partial charge in [0, 0.05) is 11.3 Å². The van der Waals surface area contributed by atoms with Crippen LogP contribution in [0.3, 0.4) is 0 Å². The van der Waals surface area contributed by atoms with E-state index in [1.54, 1.807) is 30.3 Å². The Bertz CT molecular complexity index is 1150. The first-order valence-electron chi connectivity index (χ1n) is 9.62. The number of anilines is 2. The standard InChI is InChI=1S/C24H20N2O4/c1-3-30-18-11-9-17(10-12-18)26-23(28)19-13-8-16(14-20(19)24(26)29)22(27)25-21-7-5-4-6-15(21)2/h4-14H,3H2,1-2H3,(H,25,27). The first kappa shape index (κ1) is 19.4. The minimum absolute atomic E-state index is 0.214. The zero-order valence-electron chi connectivity index (χ0n) is 16.6. The fourth-order valence-corrected chi connectivity index (χ4v) is 3.38. The molecule has 30 heavy (non-hydrogen) atoms. The van der Waals surface area contributed by atoms with Gasteiger partial charge in [0.25, 0.3) is 17.7 Å². The predicted octanol–water partition coefficient (Wildman–Crippen LogP) is 4.45. The van der Waals surface area contributed by atoms with Crippen LogP contribution in [-0.2, 0) is 0 Å². The van der Waals surface area contributed by atoms with Crippen LogP contribution >= 0.6 is 0 Å². The SMILES string of the molecule is CCOc1ccc(N2C(=O)c3ccc(C(=O)Nc4ccccc4C)cc3C2=O)cc1. The summed E-state index contributed by atoms with van der Waals surface area (Å²) >= 11 is 0. The Morgan fingerprint density at radius 1 is 0.933 bits per heavy atom. The zero-order valence-corrected chi connectivity index (χ0v) is 16.6. The van der Waals surface area contributed by atoms with Crippen LogP contribution in [0, 0.1) is 6.92 Å². The molecule has 0 unspecified atom stereocenters. The number of benzene rings is 3. The van der Waals surface area contributed by atoms with Gasteiger partial charge < -0.3 is 10.1 Å². The van der Waals surface area contributed by atoms with E-state index in [1.165, 1.54) is 12.1 Å². The average molecular weight is 400 g/mol. The summed E-state index contributed by atoms with van der Waals surface area (Å²) in [5, 5.41) is 2.84. The largest absolute Gasteiger partial charge is 0.494 e.